The van der Waals surface area contributed by atoms with E-state index in [2.05, 4.69) is 42.2 Å². The molecule has 82 valence electrons. The molecule has 0 unspecified atom stereocenters. The van der Waals surface area contributed by atoms with Crippen molar-refractivity contribution in [3.05, 3.63) is 35.2 Å². The lowest BCUT2D eigenvalue weighted by molar-refractivity contribution is 0.508. The van der Waals surface area contributed by atoms with Gasteiger partial charge in [-0.1, -0.05) is 17.2 Å². The molecule has 1 aliphatic carbocycles. The van der Waals surface area contributed by atoms with Crippen LogP contribution in [-0.2, 0) is 0 Å². The van der Waals surface area contributed by atoms with Crippen molar-refractivity contribution in [2.45, 2.75) is 32.6 Å². The van der Waals surface area contributed by atoms with E-state index in [-0.39, 0.29) is 0 Å². The molecular weight excluding hydrogens is 200 g/mol. The Balaban J connectivity index is 2.00. The Morgan fingerprint density at radius 1 is 1.06 bits per heavy atom. The zero-order valence-corrected chi connectivity index (χ0v) is 9.53. The highest BCUT2D eigenvalue weighted by atomic mass is 16.4. The molecule has 1 aromatic carbocycles. The number of hydrogen-bond acceptors (Lipinski definition) is 3. The van der Waals surface area contributed by atoms with Crippen molar-refractivity contribution >= 4 is 0 Å². The molecule has 0 amide bonds. The van der Waals surface area contributed by atoms with Gasteiger partial charge in [-0.15, -0.1) is 10.2 Å². The maximum atomic E-state index is 5.68. The highest BCUT2D eigenvalue weighted by Gasteiger charge is 2.29. The van der Waals surface area contributed by atoms with Gasteiger partial charge in [0.15, 0.2) is 0 Å². The molecule has 1 fully saturated rings. The first-order chi connectivity index (χ1) is 7.72. The Morgan fingerprint density at radius 3 is 2.38 bits per heavy atom. The van der Waals surface area contributed by atoms with Gasteiger partial charge in [-0.3, -0.25) is 0 Å². The molecule has 0 N–H and O–H groups in total. The Morgan fingerprint density at radius 2 is 1.75 bits per heavy atom. The summed E-state index contributed by atoms with van der Waals surface area (Å²) < 4.78 is 5.68. The van der Waals surface area contributed by atoms with Crippen LogP contribution in [0, 0.1) is 13.8 Å². The van der Waals surface area contributed by atoms with E-state index in [0.717, 1.165) is 11.5 Å². The van der Waals surface area contributed by atoms with Crippen LogP contribution in [0.15, 0.2) is 22.6 Å². The molecule has 0 spiro atoms. The van der Waals surface area contributed by atoms with Crippen LogP contribution in [-0.4, -0.2) is 10.2 Å². The predicted octanol–water partition coefficient (Wildman–Crippen LogP) is 3.23. The van der Waals surface area contributed by atoms with E-state index >= 15 is 0 Å². The fourth-order valence-electron chi connectivity index (χ4n) is 1.94. The zero-order valence-electron chi connectivity index (χ0n) is 9.53. The van der Waals surface area contributed by atoms with Crippen molar-refractivity contribution in [3.8, 4) is 11.5 Å². The quantitative estimate of drug-likeness (QED) is 0.770. The van der Waals surface area contributed by atoms with Crippen LogP contribution in [0.2, 0.25) is 0 Å². The van der Waals surface area contributed by atoms with Crippen molar-refractivity contribution < 1.29 is 4.42 Å². The molecular formula is C13H14N2O. The van der Waals surface area contributed by atoms with Crippen LogP contribution >= 0.6 is 0 Å². The largest absolute Gasteiger partial charge is 0.420 e. The number of aromatic nitrogens is 2. The summed E-state index contributed by atoms with van der Waals surface area (Å²) in [5.74, 6) is 1.97. The van der Waals surface area contributed by atoms with Gasteiger partial charge in [0.05, 0.1) is 0 Å². The number of hydrogen-bond donors (Lipinski definition) is 0. The first kappa shape index (κ1) is 9.58. The maximum absolute atomic E-state index is 5.68. The monoisotopic (exact) mass is 214 g/mol. The van der Waals surface area contributed by atoms with Crippen LogP contribution < -0.4 is 0 Å². The van der Waals surface area contributed by atoms with E-state index in [0.29, 0.717) is 11.8 Å². The first-order valence-electron chi connectivity index (χ1n) is 5.64. The third kappa shape index (κ3) is 1.73. The van der Waals surface area contributed by atoms with Crippen molar-refractivity contribution in [1.82, 2.24) is 10.2 Å². The number of rotatable bonds is 2. The molecule has 3 rings (SSSR count). The molecule has 1 heterocycles. The third-order valence-electron chi connectivity index (χ3n) is 2.84. The fourth-order valence-corrected chi connectivity index (χ4v) is 1.94. The lowest BCUT2D eigenvalue weighted by Crippen LogP contribution is -1.82. The number of benzene rings is 1. The minimum atomic E-state index is 0.521. The lowest BCUT2D eigenvalue weighted by atomic mass is 10.1. The van der Waals surface area contributed by atoms with Gasteiger partial charge in [-0.25, -0.2) is 0 Å². The van der Waals surface area contributed by atoms with Gasteiger partial charge >= 0.3 is 0 Å². The molecule has 2 aromatic rings. The van der Waals surface area contributed by atoms with E-state index in [1.54, 1.807) is 0 Å². The van der Waals surface area contributed by atoms with E-state index < -0.39 is 0 Å². The second-order valence-corrected chi connectivity index (χ2v) is 4.60. The van der Waals surface area contributed by atoms with Crippen molar-refractivity contribution in [1.29, 1.82) is 0 Å². The molecule has 0 bridgehead atoms. The standard InChI is InChI=1S/C13H14N2O/c1-8-5-9(2)7-11(6-8)13-15-14-12(16-13)10-3-4-10/h5-7,10H,3-4H2,1-2H3. The Labute approximate surface area is 94.5 Å². The van der Waals surface area contributed by atoms with E-state index in [1.165, 1.54) is 24.0 Å². The Bertz CT molecular complexity index is 506. The smallest absolute Gasteiger partial charge is 0.247 e. The summed E-state index contributed by atoms with van der Waals surface area (Å²) in [5, 5.41) is 8.21. The maximum Gasteiger partial charge on any atom is 0.247 e. The first-order valence-corrected chi connectivity index (χ1v) is 5.64. The average molecular weight is 214 g/mol. The summed E-state index contributed by atoms with van der Waals surface area (Å²) in [4.78, 5) is 0. The van der Waals surface area contributed by atoms with Crippen molar-refractivity contribution in [2.24, 2.45) is 0 Å². The molecule has 3 heteroatoms. The molecule has 1 aliphatic rings. The van der Waals surface area contributed by atoms with Crippen LogP contribution in [0.25, 0.3) is 11.5 Å². The third-order valence-corrected chi connectivity index (χ3v) is 2.84. The van der Waals surface area contributed by atoms with Crippen LogP contribution in [0.1, 0.15) is 35.8 Å². The Hall–Kier alpha value is -1.64. The minimum absolute atomic E-state index is 0.521. The minimum Gasteiger partial charge on any atom is -0.420 e. The van der Waals surface area contributed by atoms with Crippen LogP contribution in [0.5, 0.6) is 0 Å². The van der Waals surface area contributed by atoms with E-state index in [9.17, 15) is 0 Å². The second-order valence-electron chi connectivity index (χ2n) is 4.60. The predicted molar refractivity (Wildman–Crippen MR) is 61.2 cm³/mol. The lowest BCUT2D eigenvalue weighted by Gasteiger charge is -1.99. The molecule has 3 nitrogen and oxygen atoms in total. The molecule has 0 radical (unpaired) electrons. The number of nitrogens with zero attached hydrogens (tertiary/aromatic N) is 2. The van der Waals surface area contributed by atoms with Gasteiger partial charge in [-0.05, 0) is 38.8 Å². The van der Waals surface area contributed by atoms with Gasteiger partial charge in [0.2, 0.25) is 11.8 Å². The summed E-state index contributed by atoms with van der Waals surface area (Å²) in [5.41, 5.74) is 3.47. The van der Waals surface area contributed by atoms with Gasteiger partial charge in [0.25, 0.3) is 0 Å². The summed E-state index contributed by atoms with van der Waals surface area (Å²) >= 11 is 0. The van der Waals surface area contributed by atoms with Crippen molar-refractivity contribution in [2.75, 3.05) is 0 Å². The molecule has 16 heavy (non-hydrogen) atoms. The average Bonchev–Trinajstić information content (AvgIpc) is 2.95. The summed E-state index contributed by atoms with van der Waals surface area (Å²) in [6.07, 6.45) is 2.38. The van der Waals surface area contributed by atoms with Crippen molar-refractivity contribution in [3.63, 3.8) is 0 Å². The van der Waals surface area contributed by atoms with Gasteiger partial charge in [0, 0.05) is 11.5 Å². The van der Waals surface area contributed by atoms with Crippen LogP contribution in [0.4, 0.5) is 0 Å². The van der Waals surface area contributed by atoms with Gasteiger partial charge < -0.3 is 4.42 Å². The molecule has 0 saturated heterocycles. The highest BCUT2D eigenvalue weighted by Crippen LogP contribution is 2.39. The molecule has 0 aliphatic heterocycles. The SMILES string of the molecule is Cc1cc(C)cc(-c2nnc(C3CC3)o2)c1. The summed E-state index contributed by atoms with van der Waals surface area (Å²) in [6.45, 7) is 4.16. The Kier molecular flexibility index (Phi) is 2.06. The zero-order chi connectivity index (χ0) is 11.1. The second kappa shape index (κ2) is 3.44. The summed E-state index contributed by atoms with van der Waals surface area (Å²) in [7, 11) is 0. The fraction of sp³-hybridized carbons (Fsp3) is 0.385. The highest BCUT2D eigenvalue weighted by molar-refractivity contribution is 5.55. The number of aryl methyl sites for hydroxylation is 2. The normalized spacial score (nSPS) is 15.4. The van der Waals surface area contributed by atoms with E-state index in [1.807, 2.05) is 0 Å². The molecule has 0 atom stereocenters. The summed E-state index contributed by atoms with van der Waals surface area (Å²) in [6, 6.07) is 6.30. The molecule has 1 aromatic heterocycles. The van der Waals surface area contributed by atoms with E-state index in [4.69, 9.17) is 4.42 Å². The molecule has 1 saturated carbocycles. The van der Waals surface area contributed by atoms with Crippen LogP contribution in [0.3, 0.4) is 0 Å². The topological polar surface area (TPSA) is 38.9 Å². The van der Waals surface area contributed by atoms with Gasteiger partial charge in [0.1, 0.15) is 0 Å². The van der Waals surface area contributed by atoms with Gasteiger partial charge in [-0.2, -0.15) is 0 Å².